The first kappa shape index (κ1) is 21.9. The van der Waals surface area contributed by atoms with E-state index in [1.165, 1.54) is 26.2 Å². The number of furan rings is 1. The zero-order valence-corrected chi connectivity index (χ0v) is 16.7. The highest BCUT2D eigenvalue weighted by molar-refractivity contribution is 6.05. The van der Waals surface area contributed by atoms with Gasteiger partial charge in [-0.1, -0.05) is 26.0 Å². The van der Waals surface area contributed by atoms with Crippen molar-refractivity contribution in [3.05, 3.63) is 54.0 Å². The highest BCUT2D eigenvalue weighted by atomic mass is 16.5. The molecule has 29 heavy (non-hydrogen) atoms. The number of nitrogens with one attached hydrogen (secondary N) is 2. The Labute approximate surface area is 168 Å². The van der Waals surface area contributed by atoms with Gasteiger partial charge in [0.25, 0.3) is 11.8 Å². The summed E-state index contributed by atoms with van der Waals surface area (Å²) in [6.45, 7) is 6.28. The Morgan fingerprint density at radius 1 is 1.00 bits per heavy atom. The summed E-state index contributed by atoms with van der Waals surface area (Å²) in [6, 6.07) is 8.61. The third-order valence-electron chi connectivity index (χ3n) is 4.18. The fraction of sp³-hybridized carbons (Fsp3) is 0.333. The van der Waals surface area contributed by atoms with Crippen LogP contribution in [0.1, 0.15) is 48.6 Å². The molecule has 0 fully saturated rings. The minimum absolute atomic E-state index is 0.0649. The molecule has 0 radical (unpaired) electrons. The van der Waals surface area contributed by atoms with Gasteiger partial charge in [-0.05, 0) is 44.0 Å². The number of hydrogen-bond acceptors (Lipinski definition) is 6. The van der Waals surface area contributed by atoms with Crippen LogP contribution in [0, 0.1) is 5.92 Å². The molecule has 2 amide bonds. The zero-order valence-electron chi connectivity index (χ0n) is 16.7. The molecule has 0 aliphatic carbocycles. The van der Waals surface area contributed by atoms with Crippen molar-refractivity contribution in [1.82, 2.24) is 5.32 Å². The van der Waals surface area contributed by atoms with Crippen LogP contribution in [-0.2, 0) is 14.3 Å². The number of carbonyl (C=O) groups is 4. The van der Waals surface area contributed by atoms with Gasteiger partial charge in [-0.3, -0.25) is 14.4 Å². The van der Waals surface area contributed by atoms with Crippen LogP contribution in [0.25, 0.3) is 0 Å². The summed E-state index contributed by atoms with van der Waals surface area (Å²) in [6.07, 6.45) is 0.215. The van der Waals surface area contributed by atoms with Gasteiger partial charge in [-0.2, -0.15) is 0 Å². The number of rotatable bonds is 8. The third-order valence-corrected chi connectivity index (χ3v) is 4.18. The second kappa shape index (κ2) is 9.68. The predicted molar refractivity (Wildman–Crippen MR) is 105 cm³/mol. The molecule has 1 heterocycles. The minimum atomic E-state index is -1.13. The number of carbonyl (C=O) groups excluding carboxylic acids is 4. The molecule has 1 aromatic carbocycles. The second-order valence-electron chi connectivity index (χ2n) is 6.84. The molecule has 2 atom stereocenters. The van der Waals surface area contributed by atoms with Crippen LogP contribution >= 0.6 is 0 Å². The summed E-state index contributed by atoms with van der Waals surface area (Å²) < 4.78 is 10.3. The Bertz CT molecular complexity index is 888. The monoisotopic (exact) mass is 400 g/mol. The summed E-state index contributed by atoms with van der Waals surface area (Å²) in [5.74, 6) is -2.32. The van der Waals surface area contributed by atoms with E-state index >= 15 is 0 Å². The molecule has 8 nitrogen and oxygen atoms in total. The van der Waals surface area contributed by atoms with E-state index in [4.69, 9.17) is 9.15 Å². The number of Topliss-reactive ketones (excluding diaryl/α,β-unsaturated/α-hetero) is 1. The highest BCUT2D eigenvalue weighted by Gasteiger charge is 2.30. The van der Waals surface area contributed by atoms with Crippen LogP contribution in [0.5, 0.6) is 0 Å². The molecule has 0 saturated carbocycles. The van der Waals surface area contributed by atoms with Gasteiger partial charge < -0.3 is 19.8 Å². The Morgan fingerprint density at radius 2 is 1.69 bits per heavy atom. The van der Waals surface area contributed by atoms with E-state index in [2.05, 4.69) is 10.6 Å². The normalized spacial score (nSPS) is 12.7. The van der Waals surface area contributed by atoms with Gasteiger partial charge in [0.1, 0.15) is 6.04 Å². The van der Waals surface area contributed by atoms with E-state index in [0.29, 0.717) is 11.3 Å². The van der Waals surface area contributed by atoms with Crippen LogP contribution in [-0.4, -0.2) is 35.7 Å². The first-order valence-electron chi connectivity index (χ1n) is 9.16. The van der Waals surface area contributed by atoms with E-state index in [-0.39, 0.29) is 17.5 Å². The number of esters is 1. The first-order valence-corrected chi connectivity index (χ1v) is 9.16. The molecule has 1 aromatic heterocycles. The summed E-state index contributed by atoms with van der Waals surface area (Å²) in [5, 5.41) is 5.14. The first-order chi connectivity index (χ1) is 13.7. The Balaban J connectivity index is 2.02. The average Bonchev–Trinajstić information content (AvgIpc) is 3.20. The van der Waals surface area contributed by atoms with E-state index in [9.17, 15) is 19.2 Å². The number of ether oxygens (including phenoxy) is 1. The largest absolute Gasteiger partial charge is 0.459 e. The number of amides is 2. The van der Waals surface area contributed by atoms with Crippen molar-refractivity contribution in [1.29, 1.82) is 0 Å². The van der Waals surface area contributed by atoms with Crippen molar-refractivity contribution in [3.63, 3.8) is 0 Å². The minimum Gasteiger partial charge on any atom is -0.459 e. The van der Waals surface area contributed by atoms with Crippen LogP contribution in [0.4, 0.5) is 5.69 Å². The molecule has 154 valence electrons. The van der Waals surface area contributed by atoms with Gasteiger partial charge in [0, 0.05) is 5.56 Å². The lowest BCUT2D eigenvalue weighted by atomic mass is 10.0. The number of ketones is 1. The number of benzene rings is 1. The average molecular weight is 400 g/mol. The zero-order chi connectivity index (χ0) is 21.6. The predicted octanol–water partition coefficient (Wildman–Crippen LogP) is 2.81. The van der Waals surface area contributed by atoms with Gasteiger partial charge in [-0.15, -0.1) is 0 Å². The molecule has 0 bridgehead atoms. The molecule has 2 rings (SSSR count). The fourth-order valence-corrected chi connectivity index (χ4v) is 2.55. The van der Waals surface area contributed by atoms with Crippen molar-refractivity contribution in [2.24, 2.45) is 5.92 Å². The summed E-state index contributed by atoms with van der Waals surface area (Å²) in [5.41, 5.74) is 0.685. The van der Waals surface area contributed by atoms with Crippen molar-refractivity contribution in [3.8, 4) is 0 Å². The molecular weight excluding hydrogens is 376 g/mol. The fourth-order valence-electron chi connectivity index (χ4n) is 2.55. The number of anilines is 1. The lowest BCUT2D eigenvalue weighted by Crippen LogP contribution is -2.47. The Kier molecular flexibility index (Phi) is 7.30. The molecule has 2 N–H and O–H groups in total. The van der Waals surface area contributed by atoms with Crippen LogP contribution in [0.15, 0.2) is 47.1 Å². The van der Waals surface area contributed by atoms with Crippen molar-refractivity contribution >= 4 is 29.3 Å². The standard InChI is InChI=1S/C21H24N2O6/c1-12(2)18(23-20(26)17-10-7-11-28-17)21(27)29-14(4)19(25)22-16-9-6-5-8-15(16)13(3)24/h5-12,14,18H,1-4H3,(H,22,25)(H,23,26)/t14?,18-/m0/s1. The van der Waals surface area contributed by atoms with Gasteiger partial charge in [0.05, 0.1) is 12.0 Å². The maximum absolute atomic E-state index is 12.5. The maximum atomic E-state index is 12.5. The molecular formula is C21H24N2O6. The lowest BCUT2D eigenvalue weighted by molar-refractivity contribution is -0.156. The van der Waals surface area contributed by atoms with Crippen molar-refractivity contribution in [2.75, 3.05) is 5.32 Å². The van der Waals surface area contributed by atoms with E-state index < -0.39 is 29.9 Å². The van der Waals surface area contributed by atoms with Gasteiger partial charge in [0.2, 0.25) is 0 Å². The summed E-state index contributed by atoms with van der Waals surface area (Å²) >= 11 is 0. The Morgan fingerprint density at radius 3 is 2.28 bits per heavy atom. The summed E-state index contributed by atoms with van der Waals surface area (Å²) in [4.78, 5) is 48.8. The van der Waals surface area contributed by atoms with E-state index in [0.717, 1.165) is 0 Å². The maximum Gasteiger partial charge on any atom is 0.329 e. The quantitative estimate of drug-likeness (QED) is 0.520. The van der Waals surface area contributed by atoms with Gasteiger partial charge in [-0.25, -0.2) is 4.79 Å². The van der Waals surface area contributed by atoms with E-state index in [1.807, 2.05) is 0 Å². The third kappa shape index (κ3) is 5.78. The second-order valence-corrected chi connectivity index (χ2v) is 6.84. The summed E-state index contributed by atoms with van der Waals surface area (Å²) in [7, 11) is 0. The van der Waals surface area contributed by atoms with Crippen LogP contribution < -0.4 is 10.6 Å². The number of para-hydroxylation sites is 1. The molecule has 8 heteroatoms. The number of hydrogen-bond donors (Lipinski definition) is 2. The van der Waals surface area contributed by atoms with Crippen LogP contribution in [0.2, 0.25) is 0 Å². The Hall–Kier alpha value is -3.42. The molecule has 1 unspecified atom stereocenters. The van der Waals surface area contributed by atoms with Crippen molar-refractivity contribution < 1.29 is 28.3 Å². The lowest BCUT2D eigenvalue weighted by Gasteiger charge is -2.22. The van der Waals surface area contributed by atoms with Crippen molar-refractivity contribution in [2.45, 2.75) is 39.8 Å². The van der Waals surface area contributed by atoms with Crippen LogP contribution in [0.3, 0.4) is 0 Å². The molecule has 0 saturated heterocycles. The van der Waals surface area contributed by atoms with Gasteiger partial charge in [0.15, 0.2) is 17.6 Å². The molecule has 2 aromatic rings. The molecule has 0 spiro atoms. The molecule has 0 aliphatic rings. The smallest absolute Gasteiger partial charge is 0.329 e. The highest BCUT2D eigenvalue weighted by Crippen LogP contribution is 2.16. The topological polar surface area (TPSA) is 115 Å². The SMILES string of the molecule is CC(=O)c1ccccc1NC(=O)C(C)OC(=O)[C@@H](NC(=O)c1ccco1)C(C)C. The molecule has 0 aliphatic heterocycles. The van der Waals surface area contributed by atoms with Gasteiger partial charge >= 0.3 is 5.97 Å². The van der Waals surface area contributed by atoms with E-state index in [1.54, 1.807) is 44.2 Å².